The molecule has 0 aliphatic rings. The SMILES string of the molecule is CCOc1ccc(C(=O)N/N=C/c2ccc(OCC(=O)Nc3cccc(C)c3)c(OC)c2)cc1OC. The van der Waals surface area contributed by atoms with Gasteiger partial charge in [-0.1, -0.05) is 12.1 Å². The summed E-state index contributed by atoms with van der Waals surface area (Å²) in [5, 5.41) is 6.80. The number of methoxy groups -OCH3 is 2. The molecule has 9 nitrogen and oxygen atoms in total. The van der Waals surface area contributed by atoms with Gasteiger partial charge in [-0.2, -0.15) is 5.10 Å². The molecule has 0 saturated carbocycles. The molecule has 0 spiro atoms. The van der Waals surface area contributed by atoms with Crippen LogP contribution in [0, 0.1) is 6.92 Å². The van der Waals surface area contributed by atoms with E-state index in [9.17, 15) is 9.59 Å². The number of carbonyl (C=O) groups is 2. The van der Waals surface area contributed by atoms with Crippen LogP contribution in [0.1, 0.15) is 28.4 Å². The minimum Gasteiger partial charge on any atom is -0.493 e. The number of nitrogens with one attached hydrogen (secondary N) is 2. The van der Waals surface area contributed by atoms with Crippen molar-refractivity contribution in [3.05, 3.63) is 77.4 Å². The van der Waals surface area contributed by atoms with Crippen molar-refractivity contribution in [3.8, 4) is 23.0 Å². The molecule has 3 aromatic rings. The Bertz CT molecular complexity index is 1240. The Morgan fingerprint density at radius 2 is 1.61 bits per heavy atom. The van der Waals surface area contributed by atoms with Gasteiger partial charge in [0.2, 0.25) is 0 Å². The Hall–Kier alpha value is -4.53. The Morgan fingerprint density at radius 3 is 2.33 bits per heavy atom. The van der Waals surface area contributed by atoms with E-state index >= 15 is 0 Å². The van der Waals surface area contributed by atoms with Crippen LogP contribution in [0.15, 0.2) is 65.8 Å². The first-order valence-corrected chi connectivity index (χ1v) is 11.2. The molecule has 0 aromatic heterocycles. The molecule has 0 aliphatic carbocycles. The molecule has 3 aromatic carbocycles. The highest BCUT2D eigenvalue weighted by molar-refractivity contribution is 5.95. The van der Waals surface area contributed by atoms with Crippen molar-refractivity contribution < 1.29 is 28.5 Å². The number of anilines is 1. The van der Waals surface area contributed by atoms with Crippen molar-refractivity contribution >= 4 is 23.7 Å². The van der Waals surface area contributed by atoms with Gasteiger partial charge in [0.05, 0.1) is 27.0 Å². The van der Waals surface area contributed by atoms with E-state index in [0.29, 0.717) is 46.4 Å². The van der Waals surface area contributed by atoms with Crippen LogP contribution in [0.4, 0.5) is 5.69 Å². The van der Waals surface area contributed by atoms with Gasteiger partial charge in [-0.3, -0.25) is 9.59 Å². The van der Waals surface area contributed by atoms with Crippen molar-refractivity contribution in [3.63, 3.8) is 0 Å². The lowest BCUT2D eigenvalue weighted by Crippen LogP contribution is -2.20. The van der Waals surface area contributed by atoms with Crippen LogP contribution in [0.25, 0.3) is 0 Å². The summed E-state index contributed by atoms with van der Waals surface area (Å²) in [7, 11) is 3.01. The summed E-state index contributed by atoms with van der Waals surface area (Å²) in [4.78, 5) is 24.7. The van der Waals surface area contributed by atoms with E-state index in [4.69, 9.17) is 18.9 Å². The molecule has 3 rings (SSSR count). The summed E-state index contributed by atoms with van der Waals surface area (Å²) in [6.45, 7) is 4.12. The monoisotopic (exact) mass is 491 g/mol. The van der Waals surface area contributed by atoms with E-state index < -0.39 is 5.91 Å². The fourth-order valence-corrected chi connectivity index (χ4v) is 3.26. The summed E-state index contributed by atoms with van der Waals surface area (Å²) in [6.07, 6.45) is 1.47. The number of hydrazone groups is 1. The van der Waals surface area contributed by atoms with Gasteiger partial charge in [0, 0.05) is 11.3 Å². The van der Waals surface area contributed by atoms with Crippen molar-refractivity contribution in [1.82, 2.24) is 5.43 Å². The number of benzene rings is 3. The van der Waals surface area contributed by atoms with E-state index in [1.165, 1.54) is 20.4 Å². The summed E-state index contributed by atoms with van der Waals surface area (Å²) in [6, 6.07) is 17.5. The molecule has 188 valence electrons. The van der Waals surface area contributed by atoms with Gasteiger partial charge in [-0.05, 0) is 73.5 Å². The molecule has 0 saturated heterocycles. The lowest BCUT2D eigenvalue weighted by molar-refractivity contribution is -0.118. The van der Waals surface area contributed by atoms with Crippen LogP contribution in [0.2, 0.25) is 0 Å². The van der Waals surface area contributed by atoms with Gasteiger partial charge in [-0.25, -0.2) is 5.43 Å². The summed E-state index contributed by atoms with van der Waals surface area (Å²) >= 11 is 0. The molecule has 36 heavy (non-hydrogen) atoms. The molecule has 2 N–H and O–H groups in total. The fourth-order valence-electron chi connectivity index (χ4n) is 3.26. The van der Waals surface area contributed by atoms with Crippen LogP contribution < -0.4 is 29.7 Å². The third kappa shape index (κ3) is 7.23. The van der Waals surface area contributed by atoms with Gasteiger partial charge in [0.15, 0.2) is 29.6 Å². The largest absolute Gasteiger partial charge is 0.493 e. The quantitative estimate of drug-likeness (QED) is 0.308. The average molecular weight is 492 g/mol. The number of ether oxygens (including phenoxy) is 4. The second kappa shape index (κ2) is 12.8. The highest BCUT2D eigenvalue weighted by atomic mass is 16.5. The lowest BCUT2D eigenvalue weighted by atomic mass is 10.2. The molecular weight excluding hydrogens is 462 g/mol. The Morgan fingerprint density at radius 1 is 0.889 bits per heavy atom. The van der Waals surface area contributed by atoms with E-state index in [-0.39, 0.29) is 12.5 Å². The molecular formula is C27H29N3O6. The molecule has 0 fully saturated rings. The molecule has 2 amide bonds. The van der Waals surface area contributed by atoms with Gasteiger partial charge in [0.25, 0.3) is 11.8 Å². The topological polar surface area (TPSA) is 107 Å². The van der Waals surface area contributed by atoms with Crippen molar-refractivity contribution in [2.75, 3.05) is 32.8 Å². The van der Waals surface area contributed by atoms with Crippen LogP contribution in [-0.2, 0) is 4.79 Å². The van der Waals surface area contributed by atoms with Crippen molar-refractivity contribution in [1.29, 1.82) is 0 Å². The van der Waals surface area contributed by atoms with Crippen LogP contribution in [-0.4, -0.2) is 45.5 Å². The van der Waals surface area contributed by atoms with Gasteiger partial charge in [0.1, 0.15) is 0 Å². The molecule has 0 heterocycles. The predicted molar refractivity (Wildman–Crippen MR) is 138 cm³/mol. The average Bonchev–Trinajstić information content (AvgIpc) is 2.88. The number of aryl methyl sites for hydroxylation is 1. The first-order valence-electron chi connectivity index (χ1n) is 11.2. The summed E-state index contributed by atoms with van der Waals surface area (Å²) in [5.41, 5.74) is 5.26. The molecule has 0 atom stereocenters. The Kier molecular flexibility index (Phi) is 9.27. The molecule has 0 radical (unpaired) electrons. The second-order valence-electron chi connectivity index (χ2n) is 7.61. The predicted octanol–water partition coefficient (Wildman–Crippen LogP) is 4.19. The molecule has 9 heteroatoms. The maximum Gasteiger partial charge on any atom is 0.271 e. The van der Waals surface area contributed by atoms with Gasteiger partial charge < -0.3 is 24.3 Å². The van der Waals surface area contributed by atoms with Crippen LogP contribution >= 0.6 is 0 Å². The van der Waals surface area contributed by atoms with Crippen molar-refractivity contribution in [2.45, 2.75) is 13.8 Å². The van der Waals surface area contributed by atoms with Crippen LogP contribution in [0.3, 0.4) is 0 Å². The zero-order valence-electron chi connectivity index (χ0n) is 20.7. The third-order valence-electron chi connectivity index (χ3n) is 4.95. The number of hydrogen-bond donors (Lipinski definition) is 2. The number of carbonyl (C=O) groups excluding carboxylic acids is 2. The third-order valence-corrected chi connectivity index (χ3v) is 4.95. The Labute approximate surface area is 210 Å². The first-order chi connectivity index (χ1) is 17.4. The Balaban J connectivity index is 1.58. The minimum absolute atomic E-state index is 0.181. The highest BCUT2D eigenvalue weighted by Gasteiger charge is 2.11. The number of rotatable bonds is 11. The molecule has 0 aliphatic heterocycles. The normalized spacial score (nSPS) is 10.6. The van der Waals surface area contributed by atoms with Gasteiger partial charge in [-0.15, -0.1) is 0 Å². The number of hydrogen-bond acceptors (Lipinski definition) is 7. The minimum atomic E-state index is -0.404. The lowest BCUT2D eigenvalue weighted by Gasteiger charge is -2.12. The van der Waals surface area contributed by atoms with Crippen LogP contribution in [0.5, 0.6) is 23.0 Å². The van der Waals surface area contributed by atoms with E-state index in [2.05, 4.69) is 15.8 Å². The molecule has 0 bridgehead atoms. The summed E-state index contributed by atoms with van der Waals surface area (Å²) in [5.74, 6) is 1.15. The maximum atomic E-state index is 12.4. The van der Waals surface area contributed by atoms with E-state index in [1.807, 2.05) is 38.1 Å². The van der Waals surface area contributed by atoms with Crippen molar-refractivity contribution in [2.24, 2.45) is 5.10 Å². The standard InChI is InChI=1S/C27H29N3O6/c1-5-35-22-12-10-20(15-25(22)34-4)27(32)30-28-16-19-9-11-23(24(14-19)33-3)36-17-26(31)29-21-8-6-7-18(2)13-21/h6-16H,5,17H2,1-4H3,(H,29,31)(H,30,32)/b28-16+. The second-order valence-corrected chi connectivity index (χ2v) is 7.61. The van der Waals surface area contributed by atoms with Gasteiger partial charge >= 0.3 is 0 Å². The zero-order chi connectivity index (χ0) is 25.9. The molecule has 0 unspecified atom stereocenters. The first kappa shape index (κ1) is 26.1. The number of amides is 2. The zero-order valence-corrected chi connectivity index (χ0v) is 20.7. The smallest absolute Gasteiger partial charge is 0.271 e. The van der Waals surface area contributed by atoms with E-state index in [1.54, 1.807) is 36.4 Å². The fraction of sp³-hybridized carbons (Fsp3) is 0.222. The number of nitrogens with zero attached hydrogens (tertiary/aromatic N) is 1. The highest BCUT2D eigenvalue weighted by Crippen LogP contribution is 2.29. The summed E-state index contributed by atoms with van der Waals surface area (Å²) < 4.78 is 21.7. The maximum absolute atomic E-state index is 12.4. The van der Waals surface area contributed by atoms with E-state index in [0.717, 1.165) is 5.56 Å².